The maximum Gasteiger partial charge on any atom is 0.393 e. The van der Waals surface area contributed by atoms with Crippen molar-refractivity contribution in [1.29, 1.82) is 0 Å². The summed E-state index contributed by atoms with van der Waals surface area (Å²) in [5.74, 6) is 0. The van der Waals surface area contributed by atoms with E-state index >= 15 is 0 Å². The summed E-state index contributed by atoms with van der Waals surface area (Å²) < 4.78 is 37.4. The van der Waals surface area contributed by atoms with Gasteiger partial charge in [0.05, 0.1) is 12.5 Å². The first-order valence-electron chi connectivity index (χ1n) is 6.24. The predicted molar refractivity (Wildman–Crippen MR) is 67.4 cm³/mol. The Morgan fingerprint density at radius 1 is 1.40 bits per heavy atom. The van der Waals surface area contributed by atoms with Gasteiger partial charge in [0.25, 0.3) is 0 Å². The average molecular weight is 288 g/mol. The number of hydrogen-bond acceptors (Lipinski definition) is 2. The van der Waals surface area contributed by atoms with Crippen LogP contribution >= 0.6 is 0 Å². The number of para-hydroxylation sites is 1. The summed E-state index contributed by atoms with van der Waals surface area (Å²) in [7, 11) is 0. The Bertz CT molecular complexity index is 491. The fourth-order valence-corrected chi connectivity index (χ4v) is 2.13. The van der Waals surface area contributed by atoms with E-state index in [2.05, 4.69) is 5.32 Å². The molecule has 0 spiro atoms. The van der Waals surface area contributed by atoms with Crippen LogP contribution in [0.5, 0.6) is 0 Å². The molecule has 1 aliphatic heterocycles. The Morgan fingerprint density at radius 3 is 2.70 bits per heavy atom. The topological polar surface area (TPSA) is 52.6 Å². The van der Waals surface area contributed by atoms with Crippen molar-refractivity contribution in [2.45, 2.75) is 25.1 Å². The maximum absolute atomic E-state index is 12.5. The lowest BCUT2D eigenvalue weighted by atomic mass is 10.1. The van der Waals surface area contributed by atoms with Crippen LogP contribution in [0.2, 0.25) is 0 Å². The number of rotatable bonds is 2. The SMILES string of the molecule is O=C(Nc1ccccc1CC(F)(F)F)N1CC[C@@H](O)C1. The van der Waals surface area contributed by atoms with Crippen LogP contribution in [0.4, 0.5) is 23.7 Å². The summed E-state index contributed by atoms with van der Waals surface area (Å²) in [6.45, 7) is 0.599. The fraction of sp³-hybridized carbons (Fsp3) is 0.462. The minimum atomic E-state index is -4.33. The number of urea groups is 1. The Kier molecular flexibility index (Phi) is 4.17. The molecule has 20 heavy (non-hydrogen) atoms. The van der Waals surface area contributed by atoms with Crippen molar-refractivity contribution in [3.05, 3.63) is 29.8 Å². The molecular weight excluding hydrogens is 273 g/mol. The van der Waals surface area contributed by atoms with Crippen LogP contribution in [0.25, 0.3) is 0 Å². The Hall–Kier alpha value is -1.76. The van der Waals surface area contributed by atoms with Crippen molar-refractivity contribution in [2.24, 2.45) is 0 Å². The molecule has 0 aliphatic carbocycles. The van der Waals surface area contributed by atoms with E-state index in [0.717, 1.165) is 0 Å². The van der Waals surface area contributed by atoms with Crippen molar-refractivity contribution < 1.29 is 23.1 Å². The number of hydrogen-bond donors (Lipinski definition) is 2. The van der Waals surface area contributed by atoms with Gasteiger partial charge in [-0.2, -0.15) is 13.2 Å². The molecule has 110 valence electrons. The lowest BCUT2D eigenvalue weighted by Crippen LogP contribution is -2.34. The molecule has 1 aliphatic rings. The first-order valence-corrected chi connectivity index (χ1v) is 6.24. The summed E-state index contributed by atoms with van der Waals surface area (Å²) in [6, 6.07) is 5.34. The van der Waals surface area contributed by atoms with E-state index in [1.165, 1.54) is 23.1 Å². The van der Waals surface area contributed by atoms with E-state index in [-0.39, 0.29) is 17.8 Å². The number of anilines is 1. The molecule has 1 aromatic carbocycles. The highest BCUT2D eigenvalue weighted by molar-refractivity contribution is 5.90. The van der Waals surface area contributed by atoms with Gasteiger partial charge >= 0.3 is 12.2 Å². The van der Waals surface area contributed by atoms with Gasteiger partial charge < -0.3 is 15.3 Å². The largest absolute Gasteiger partial charge is 0.393 e. The highest BCUT2D eigenvalue weighted by atomic mass is 19.4. The standard InChI is InChI=1S/C13H15F3N2O2/c14-13(15,16)7-9-3-1-2-4-11(9)17-12(20)18-6-5-10(19)8-18/h1-4,10,19H,5-8H2,(H,17,20)/t10-/m1/s1. The number of likely N-dealkylation sites (tertiary alicyclic amines) is 1. The van der Waals surface area contributed by atoms with E-state index in [0.29, 0.717) is 13.0 Å². The van der Waals surface area contributed by atoms with Gasteiger partial charge in [0.1, 0.15) is 0 Å². The third-order valence-corrected chi connectivity index (χ3v) is 3.10. The molecule has 2 amide bonds. The smallest absolute Gasteiger partial charge is 0.391 e. The number of aliphatic hydroxyl groups excluding tert-OH is 1. The second kappa shape index (κ2) is 5.70. The van der Waals surface area contributed by atoms with Gasteiger partial charge in [-0.05, 0) is 18.1 Å². The second-order valence-corrected chi connectivity index (χ2v) is 4.77. The van der Waals surface area contributed by atoms with Gasteiger partial charge in [-0.25, -0.2) is 4.79 Å². The molecule has 0 aromatic heterocycles. The zero-order chi connectivity index (χ0) is 14.8. The summed E-state index contributed by atoms with van der Waals surface area (Å²) in [5.41, 5.74) is 0.171. The number of amides is 2. The minimum Gasteiger partial charge on any atom is -0.391 e. The van der Waals surface area contributed by atoms with E-state index in [1.807, 2.05) is 0 Å². The van der Waals surface area contributed by atoms with E-state index in [1.54, 1.807) is 6.07 Å². The monoisotopic (exact) mass is 288 g/mol. The number of alkyl halides is 3. The van der Waals surface area contributed by atoms with Gasteiger partial charge in [-0.15, -0.1) is 0 Å². The number of nitrogens with zero attached hydrogens (tertiary/aromatic N) is 1. The zero-order valence-electron chi connectivity index (χ0n) is 10.7. The molecule has 7 heteroatoms. The number of aliphatic hydroxyl groups is 1. The third-order valence-electron chi connectivity index (χ3n) is 3.10. The molecule has 1 fully saturated rings. The summed E-state index contributed by atoms with van der Waals surface area (Å²) >= 11 is 0. The van der Waals surface area contributed by atoms with Crippen molar-refractivity contribution in [3.63, 3.8) is 0 Å². The number of halogens is 3. The molecule has 1 atom stereocenters. The van der Waals surface area contributed by atoms with Crippen molar-refractivity contribution in [2.75, 3.05) is 18.4 Å². The molecule has 1 saturated heterocycles. The average Bonchev–Trinajstić information content (AvgIpc) is 2.77. The zero-order valence-corrected chi connectivity index (χ0v) is 10.7. The van der Waals surface area contributed by atoms with Gasteiger partial charge in [-0.3, -0.25) is 0 Å². The number of β-amino-alcohol motifs (C(OH)–C–C–N with tert-alkyl or cyclic N) is 1. The van der Waals surface area contributed by atoms with Crippen molar-refractivity contribution in [3.8, 4) is 0 Å². The van der Waals surface area contributed by atoms with Gasteiger partial charge in [0.15, 0.2) is 0 Å². The predicted octanol–water partition coefficient (Wildman–Crippen LogP) is 2.39. The Labute approximate surface area is 114 Å². The second-order valence-electron chi connectivity index (χ2n) is 4.77. The lowest BCUT2D eigenvalue weighted by molar-refractivity contribution is -0.127. The van der Waals surface area contributed by atoms with Crippen molar-refractivity contribution in [1.82, 2.24) is 4.90 Å². The van der Waals surface area contributed by atoms with E-state index in [4.69, 9.17) is 0 Å². The van der Waals surface area contributed by atoms with Crippen LogP contribution in [0, 0.1) is 0 Å². The summed E-state index contributed by atoms with van der Waals surface area (Å²) in [6.07, 6.45) is -5.50. The number of nitrogens with one attached hydrogen (secondary N) is 1. The number of carbonyl (C=O) groups excluding carboxylic acids is 1. The van der Waals surface area contributed by atoms with E-state index < -0.39 is 24.7 Å². The molecule has 0 unspecified atom stereocenters. The summed E-state index contributed by atoms with van der Waals surface area (Å²) in [5, 5.41) is 11.8. The van der Waals surface area contributed by atoms with Crippen molar-refractivity contribution >= 4 is 11.7 Å². The van der Waals surface area contributed by atoms with Crippen LogP contribution < -0.4 is 5.32 Å². The number of carbonyl (C=O) groups is 1. The van der Waals surface area contributed by atoms with Gasteiger partial charge in [0, 0.05) is 18.8 Å². The first-order chi connectivity index (χ1) is 9.35. The first kappa shape index (κ1) is 14.6. The van der Waals surface area contributed by atoms with Crippen LogP contribution in [0.15, 0.2) is 24.3 Å². The molecule has 1 heterocycles. The van der Waals surface area contributed by atoms with Crippen LogP contribution in [0.1, 0.15) is 12.0 Å². The number of benzene rings is 1. The quantitative estimate of drug-likeness (QED) is 0.878. The fourth-order valence-electron chi connectivity index (χ4n) is 2.13. The molecule has 2 N–H and O–H groups in total. The highest BCUT2D eigenvalue weighted by Crippen LogP contribution is 2.26. The maximum atomic E-state index is 12.5. The van der Waals surface area contributed by atoms with Crippen LogP contribution in [-0.4, -0.2) is 41.4 Å². The molecular formula is C13H15F3N2O2. The molecule has 0 bridgehead atoms. The van der Waals surface area contributed by atoms with Gasteiger partial charge in [0.2, 0.25) is 0 Å². The summed E-state index contributed by atoms with van der Waals surface area (Å²) in [4.78, 5) is 13.3. The van der Waals surface area contributed by atoms with Crippen LogP contribution in [0.3, 0.4) is 0 Å². The highest BCUT2D eigenvalue weighted by Gasteiger charge is 2.30. The van der Waals surface area contributed by atoms with Crippen LogP contribution in [-0.2, 0) is 6.42 Å². The third kappa shape index (κ3) is 3.86. The molecule has 4 nitrogen and oxygen atoms in total. The Morgan fingerprint density at radius 2 is 2.10 bits per heavy atom. The molecule has 2 rings (SSSR count). The van der Waals surface area contributed by atoms with E-state index in [9.17, 15) is 23.1 Å². The normalized spacial score (nSPS) is 19.2. The van der Waals surface area contributed by atoms with Gasteiger partial charge in [-0.1, -0.05) is 18.2 Å². The molecule has 0 radical (unpaired) electrons. The minimum absolute atomic E-state index is 0.0214. The molecule has 0 saturated carbocycles. The molecule has 1 aromatic rings. The lowest BCUT2D eigenvalue weighted by Gasteiger charge is -2.18. The Balaban J connectivity index is 2.07.